The molecular formula is C14H16N4O2S3. The summed E-state index contributed by atoms with van der Waals surface area (Å²) in [4.78, 5) is 24.2. The van der Waals surface area contributed by atoms with Crippen molar-refractivity contribution >= 4 is 51.4 Å². The molecule has 0 aliphatic heterocycles. The molecule has 23 heavy (non-hydrogen) atoms. The van der Waals surface area contributed by atoms with E-state index in [0.717, 1.165) is 10.1 Å². The molecule has 2 N–H and O–H groups in total. The van der Waals surface area contributed by atoms with Crippen molar-refractivity contribution in [2.24, 2.45) is 0 Å². The van der Waals surface area contributed by atoms with E-state index in [-0.39, 0.29) is 11.8 Å². The minimum absolute atomic E-state index is 0.103. The molecule has 2 aromatic rings. The SMILES string of the molecule is C=CCSc1nnc(NC(=O)CCCNC(=O)c2cccs2)s1. The first-order chi connectivity index (χ1) is 11.2. The van der Waals surface area contributed by atoms with E-state index in [0.29, 0.717) is 29.4 Å². The van der Waals surface area contributed by atoms with Crippen molar-refractivity contribution in [2.75, 3.05) is 17.6 Å². The third-order valence-electron chi connectivity index (χ3n) is 2.59. The average Bonchev–Trinajstić information content (AvgIpc) is 3.21. The molecule has 0 saturated heterocycles. The second-order valence-electron chi connectivity index (χ2n) is 4.36. The Bertz CT molecular complexity index is 655. The van der Waals surface area contributed by atoms with Crippen LogP contribution in [0.5, 0.6) is 0 Å². The second kappa shape index (κ2) is 9.43. The fourth-order valence-electron chi connectivity index (χ4n) is 1.58. The van der Waals surface area contributed by atoms with Gasteiger partial charge in [0.1, 0.15) is 0 Å². The van der Waals surface area contributed by atoms with Crippen molar-refractivity contribution < 1.29 is 9.59 Å². The average molecular weight is 369 g/mol. The first-order valence-electron chi connectivity index (χ1n) is 6.88. The number of amides is 2. The zero-order chi connectivity index (χ0) is 16.5. The molecule has 0 bridgehead atoms. The van der Waals surface area contributed by atoms with Crippen LogP contribution in [0.3, 0.4) is 0 Å². The van der Waals surface area contributed by atoms with Crippen LogP contribution in [0.15, 0.2) is 34.5 Å². The number of thioether (sulfide) groups is 1. The van der Waals surface area contributed by atoms with Crippen molar-refractivity contribution in [2.45, 2.75) is 17.2 Å². The first kappa shape index (κ1) is 17.6. The molecule has 0 saturated carbocycles. The van der Waals surface area contributed by atoms with Crippen molar-refractivity contribution in [1.29, 1.82) is 0 Å². The Morgan fingerprint density at radius 3 is 3.00 bits per heavy atom. The van der Waals surface area contributed by atoms with E-state index in [4.69, 9.17) is 0 Å². The van der Waals surface area contributed by atoms with Crippen molar-refractivity contribution in [3.05, 3.63) is 35.0 Å². The molecule has 0 aliphatic rings. The summed E-state index contributed by atoms with van der Waals surface area (Å²) in [6.45, 7) is 4.10. The normalized spacial score (nSPS) is 10.3. The lowest BCUT2D eigenvalue weighted by molar-refractivity contribution is -0.116. The fraction of sp³-hybridized carbons (Fsp3) is 0.286. The maximum absolute atomic E-state index is 11.8. The number of anilines is 1. The summed E-state index contributed by atoms with van der Waals surface area (Å²) >= 11 is 4.25. The Kier molecular flexibility index (Phi) is 7.24. The minimum atomic E-state index is -0.133. The van der Waals surface area contributed by atoms with Gasteiger partial charge in [-0.05, 0) is 17.9 Å². The summed E-state index contributed by atoms with van der Waals surface area (Å²) in [5.74, 6) is 0.521. The molecular weight excluding hydrogens is 352 g/mol. The zero-order valence-electron chi connectivity index (χ0n) is 12.3. The Morgan fingerprint density at radius 2 is 2.26 bits per heavy atom. The van der Waals surface area contributed by atoms with Gasteiger partial charge in [0.15, 0.2) is 4.34 Å². The summed E-state index contributed by atoms with van der Waals surface area (Å²) in [6, 6.07) is 3.60. The number of hydrogen-bond donors (Lipinski definition) is 2. The Labute approximate surface area is 146 Å². The Balaban J connectivity index is 1.64. The summed E-state index contributed by atoms with van der Waals surface area (Å²) in [6.07, 6.45) is 2.67. The largest absolute Gasteiger partial charge is 0.351 e. The maximum Gasteiger partial charge on any atom is 0.261 e. The molecule has 0 fully saturated rings. The van der Waals surface area contributed by atoms with Gasteiger partial charge in [0.25, 0.3) is 5.91 Å². The summed E-state index contributed by atoms with van der Waals surface area (Å²) in [7, 11) is 0. The van der Waals surface area contributed by atoms with Gasteiger partial charge in [-0.3, -0.25) is 9.59 Å². The van der Waals surface area contributed by atoms with Crippen LogP contribution in [0.2, 0.25) is 0 Å². The highest BCUT2D eigenvalue weighted by Gasteiger charge is 2.09. The molecule has 0 unspecified atom stereocenters. The number of nitrogens with zero attached hydrogens (tertiary/aromatic N) is 2. The minimum Gasteiger partial charge on any atom is -0.351 e. The standard InChI is InChI=1S/C14H16N4O2S3/c1-2-8-22-14-18-17-13(23-14)16-11(19)6-3-7-15-12(20)10-5-4-9-21-10/h2,4-5,9H,1,3,6-8H2,(H,15,20)(H,16,17,19). The number of thiophene rings is 1. The van der Waals surface area contributed by atoms with Gasteiger partial charge in [-0.2, -0.15) is 0 Å². The molecule has 2 amide bonds. The Hall–Kier alpha value is -1.71. The van der Waals surface area contributed by atoms with Gasteiger partial charge in [0, 0.05) is 18.7 Å². The highest BCUT2D eigenvalue weighted by molar-refractivity contribution is 8.01. The van der Waals surface area contributed by atoms with Gasteiger partial charge in [-0.25, -0.2) is 0 Å². The van der Waals surface area contributed by atoms with Crippen molar-refractivity contribution in [3.63, 3.8) is 0 Å². The van der Waals surface area contributed by atoms with E-state index >= 15 is 0 Å². The Morgan fingerprint density at radius 1 is 1.39 bits per heavy atom. The molecule has 0 radical (unpaired) electrons. The molecule has 9 heteroatoms. The number of rotatable bonds is 9. The molecule has 2 heterocycles. The lowest BCUT2D eigenvalue weighted by Gasteiger charge is -2.03. The molecule has 6 nitrogen and oxygen atoms in total. The highest BCUT2D eigenvalue weighted by atomic mass is 32.2. The topological polar surface area (TPSA) is 84.0 Å². The van der Waals surface area contributed by atoms with Crippen LogP contribution in [-0.2, 0) is 4.79 Å². The number of nitrogens with one attached hydrogen (secondary N) is 2. The van der Waals surface area contributed by atoms with Crippen LogP contribution in [0.1, 0.15) is 22.5 Å². The number of hydrogen-bond acceptors (Lipinski definition) is 7. The highest BCUT2D eigenvalue weighted by Crippen LogP contribution is 2.25. The molecule has 0 aromatic carbocycles. The third kappa shape index (κ3) is 6.12. The van der Waals surface area contributed by atoms with E-state index in [1.807, 2.05) is 11.4 Å². The smallest absolute Gasteiger partial charge is 0.261 e. The monoisotopic (exact) mass is 368 g/mol. The van der Waals surface area contributed by atoms with E-state index in [9.17, 15) is 9.59 Å². The number of carbonyl (C=O) groups excluding carboxylic acids is 2. The van der Waals surface area contributed by atoms with Crippen LogP contribution >= 0.6 is 34.4 Å². The maximum atomic E-state index is 11.8. The first-order valence-corrected chi connectivity index (χ1v) is 9.56. The molecule has 0 spiro atoms. The van der Waals surface area contributed by atoms with Crippen LogP contribution in [0, 0.1) is 0 Å². The molecule has 0 atom stereocenters. The number of carbonyl (C=O) groups is 2. The van der Waals surface area contributed by atoms with Gasteiger partial charge < -0.3 is 10.6 Å². The lowest BCUT2D eigenvalue weighted by Crippen LogP contribution is -2.24. The summed E-state index contributed by atoms with van der Waals surface area (Å²) < 4.78 is 0.795. The predicted molar refractivity (Wildman–Crippen MR) is 95.3 cm³/mol. The van der Waals surface area contributed by atoms with Crippen molar-refractivity contribution in [3.8, 4) is 0 Å². The predicted octanol–water partition coefficient (Wildman–Crippen LogP) is 3.03. The summed E-state index contributed by atoms with van der Waals surface area (Å²) in [5, 5.41) is 15.7. The van der Waals surface area contributed by atoms with Gasteiger partial charge in [0.05, 0.1) is 4.88 Å². The molecule has 0 aliphatic carbocycles. The van der Waals surface area contributed by atoms with Crippen LogP contribution < -0.4 is 10.6 Å². The van der Waals surface area contributed by atoms with Gasteiger partial charge >= 0.3 is 0 Å². The third-order valence-corrected chi connectivity index (χ3v) is 5.43. The molecule has 2 rings (SSSR count). The van der Waals surface area contributed by atoms with Crippen molar-refractivity contribution in [1.82, 2.24) is 15.5 Å². The molecule has 122 valence electrons. The van der Waals surface area contributed by atoms with Crippen LogP contribution in [-0.4, -0.2) is 34.3 Å². The fourth-order valence-corrected chi connectivity index (χ4v) is 3.75. The van der Waals surface area contributed by atoms with Gasteiger partial charge in [-0.1, -0.05) is 35.2 Å². The number of aromatic nitrogens is 2. The summed E-state index contributed by atoms with van der Waals surface area (Å²) in [5.41, 5.74) is 0. The lowest BCUT2D eigenvalue weighted by atomic mass is 10.3. The van der Waals surface area contributed by atoms with E-state index in [1.54, 1.807) is 12.1 Å². The van der Waals surface area contributed by atoms with Gasteiger partial charge in [-0.15, -0.1) is 28.1 Å². The second-order valence-corrected chi connectivity index (χ2v) is 7.55. The van der Waals surface area contributed by atoms with E-state index in [1.165, 1.54) is 34.4 Å². The van der Waals surface area contributed by atoms with Gasteiger partial charge in [0.2, 0.25) is 11.0 Å². The van der Waals surface area contributed by atoms with Crippen LogP contribution in [0.4, 0.5) is 5.13 Å². The zero-order valence-corrected chi connectivity index (χ0v) is 14.7. The quantitative estimate of drug-likeness (QED) is 0.308. The van der Waals surface area contributed by atoms with E-state index < -0.39 is 0 Å². The van der Waals surface area contributed by atoms with Crippen LogP contribution in [0.25, 0.3) is 0 Å². The molecule has 2 aromatic heterocycles. The van der Waals surface area contributed by atoms with E-state index in [2.05, 4.69) is 27.4 Å².